The van der Waals surface area contributed by atoms with Crippen molar-refractivity contribution in [3.05, 3.63) is 95.6 Å². The zero-order chi connectivity index (χ0) is 13.8. The average molecular weight is 268 g/mol. The highest BCUT2D eigenvalue weighted by molar-refractivity contribution is 5.78. The molecule has 0 nitrogen and oxygen atoms in total. The third-order valence-corrected chi connectivity index (χ3v) is 5.13. The van der Waals surface area contributed by atoms with Gasteiger partial charge in [-0.1, -0.05) is 78.9 Å². The first-order valence-electron chi connectivity index (χ1n) is 7.68. The van der Waals surface area contributed by atoms with Gasteiger partial charge >= 0.3 is 0 Å². The van der Waals surface area contributed by atoms with Crippen molar-refractivity contribution in [1.82, 2.24) is 0 Å². The van der Waals surface area contributed by atoms with Crippen LogP contribution in [0.25, 0.3) is 11.1 Å². The van der Waals surface area contributed by atoms with Gasteiger partial charge in [-0.05, 0) is 45.6 Å². The monoisotopic (exact) mass is 268 g/mol. The summed E-state index contributed by atoms with van der Waals surface area (Å²) in [6.45, 7) is 0. The van der Waals surface area contributed by atoms with E-state index in [9.17, 15) is 0 Å². The lowest BCUT2D eigenvalue weighted by atomic mass is 9.86. The van der Waals surface area contributed by atoms with Crippen LogP contribution in [0.1, 0.15) is 34.4 Å². The third kappa shape index (κ3) is 1.50. The van der Waals surface area contributed by atoms with Gasteiger partial charge in [-0.2, -0.15) is 0 Å². The van der Waals surface area contributed by atoms with Crippen LogP contribution in [0.3, 0.4) is 0 Å². The standard InChI is InChI=1S/C21H16/c1-2-8-14(9-3-1)19-20-17-12-6-4-10-15(17)16-11-5-7-13-18(16)21(19)20/h1-13,19-21H/t19?,20-,21+. The summed E-state index contributed by atoms with van der Waals surface area (Å²) in [7, 11) is 0. The van der Waals surface area contributed by atoms with Gasteiger partial charge in [0.15, 0.2) is 0 Å². The molecule has 2 aliphatic rings. The van der Waals surface area contributed by atoms with Gasteiger partial charge in [0, 0.05) is 0 Å². The highest BCUT2D eigenvalue weighted by Crippen LogP contribution is 2.70. The molecule has 2 aliphatic carbocycles. The largest absolute Gasteiger partial charge is 0.0622 e. The normalized spacial score (nSPS) is 24.7. The minimum absolute atomic E-state index is 0.649. The Labute approximate surface area is 125 Å². The topological polar surface area (TPSA) is 0 Å². The Hall–Kier alpha value is -2.34. The van der Waals surface area contributed by atoms with Crippen LogP contribution in [0.15, 0.2) is 78.9 Å². The molecule has 3 atom stereocenters. The molecule has 3 aromatic rings. The number of benzene rings is 3. The van der Waals surface area contributed by atoms with Crippen molar-refractivity contribution < 1.29 is 0 Å². The van der Waals surface area contributed by atoms with Gasteiger partial charge in [0.05, 0.1) is 0 Å². The van der Waals surface area contributed by atoms with E-state index < -0.39 is 0 Å². The van der Waals surface area contributed by atoms with Crippen LogP contribution in [-0.2, 0) is 0 Å². The van der Waals surface area contributed by atoms with E-state index in [1.807, 2.05) is 0 Å². The first-order chi connectivity index (χ1) is 10.4. The van der Waals surface area contributed by atoms with Crippen LogP contribution in [0.2, 0.25) is 0 Å². The highest BCUT2D eigenvalue weighted by Gasteiger charge is 2.55. The molecule has 0 aromatic heterocycles. The van der Waals surface area contributed by atoms with E-state index in [1.54, 1.807) is 0 Å². The molecule has 0 spiro atoms. The number of fused-ring (bicyclic) bond motifs is 6. The number of hydrogen-bond acceptors (Lipinski definition) is 0. The lowest BCUT2D eigenvalue weighted by molar-refractivity contribution is 1.01. The Bertz CT molecular complexity index is 758. The lowest BCUT2D eigenvalue weighted by Gasteiger charge is -2.18. The SMILES string of the molecule is c1ccc(C2[C@H]3c4ccccc4-c4ccccc4[C@@H]23)cc1. The minimum Gasteiger partial charge on any atom is -0.0622 e. The molecule has 0 bridgehead atoms. The molecular weight excluding hydrogens is 252 g/mol. The van der Waals surface area contributed by atoms with Gasteiger partial charge in [-0.3, -0.25) is 0 Å². The summed E-state index contributed by atoms with van der Waals surface area (Å²) in [6, 6.07) is 28.9. The summed E-state index contributed by atoms with van der Waals surface area (Å²) in [5.41, 5.74) is 7.43. The van der Waals surface area contributed by atoms with Crippen molar-refractivity contribution in [3.63, 3.8) is 0 Å². The summed E-state index contributed by atoms with van der Waals surface area (Å²) in [4.78, 5) is 0. The Kier molecular flexibility index (Phi) is 2.20. The van der Waals surface area contributed by atoms with E-state index in [0.717, 1.165) is 0 Å². The van der Waals surface area contributed by atoms with Crippen molar-refractivity contribution in [1.29, 1.82) is 0 Å². The third-order valence-electron chi connectivity index (χ3n) is 5.13. The van der Waals surface area contributed by atoms with Crippen LogP contribution < -0.4 is 0 Å². The molecule has 0 amide bonds. The maximum Gasteiger partial charge on any atom is -0.000567 e. The first-order valence-corrected chi connectivity index (χ1v) is 7.68. The lowest BCUT2D eigenvalue weighted by Crippen LogP contribution is -1.98. The van der Waals surface area contributed by atoms with E-state index in [0.29, 0.717) is 17.8 Å². The molecule has 0 aliphatic heterocycles. The van der Waals surface area contributed by atoms with Gasteiger partial charge in [0.25, 0.3) is 0 Å². The highest BCUT2D eigenvalue weighted by atomic mass is 14.6. The second-order valence-corrected chi connectivity index (χ2v) is 6.16. The second kappa shape index (κ2) is 4.08. The summed E-state index contributed by atoms with van der Waals surface area (Å²) < 4.78 is 0. The quantitative estimate of drug-likeness (QED) is 0.559. The summed E-state index contributed by atoms with van der Waals surface area (Å²) in [5, 5.41) is 0. The van der Waals surface area contributed by atoms with Gasteiger partial charge in [0.2, 0.25) is 0 Å². The molecule has 100 valence electrons. The number of hydrogen-bond donors (Lipinski definition) is 0. The summed E-state index contributed by atoms with van der Waals surface area (Å²) in [5.74, 6) is 1.98. The molecular formula is C21H16. The van der Waals surface area contributed by atoms with Crippen LogP contribution >= 0.6 is 0 Å². The molecule has 1 saturated carbocycles. The first kappa shape index (κ1) is 11.3. The van der Waals surface area contributed by atoms with E-state index in [2.05, 4.69) is 78.9 Å². The summed E-state index contributed by atoms with van der Waals surface area (Å²) >= 11 is 0. The van der Waals surface area contributed by atoms with Crippen LogP contribution in [0.4, 0.5) is 0 Å². The molecule has 21 heavy (non-hydrogen) atoms. The molecule has 0 N–H and O–H groups in total. The van der Waals surface area contributed by atoms with Crippen molar-refractivity contribution in [2.75, 3.05) is 0 Å². The smallest absolute Gasteiger partial charge is 0.000567 e. The van der Waals surface area contributed by atoms with Crippen molar-refractivity contribution in [2.24, 2.45) is 0 Å². The molecule has 0 saturated heterocycles. The molecule has 0 heterocycles. The average Bonchev–Trinajstić information content (AvgIpc) is 3.32. The fraction of sp³-hybridized carbons (Fsp3) is 0.143. The molecule has 0 heteroatoms. The van der Waals surface area contributed by atoms with E-state index in [-0.39, 0.29) is 0 Å². The molecule has 1 fully saturated rings. The Balaban J connectivity index is 1.73. The van der Waals surface area contributed by atoms with E-state index >= 15 is 0 Å². The van der Waals surface area contributed by atoms with Crippen LogP contribution in [0.5, 0.6) is 0 Å². The van der Waals surface area contributed by atoms with Gasteiger partial charge < -0.3 is 0 Å². The Morgan fingerprint density at radius 1 is 0.429 bits per heavy atom. The minimum atomic E-state index is 0.649. The Morgan fingerprint density at radius 3 is 1.48 bits per heavy atom. The van der Waals surface area contributed by atoms with Crippen molar-refractivity contribution in [3.8, 4) is 11.1 Å². The summed E-state index contributed by atoms with van der Waals surface area (Å²) in [6.07, 6.45) is 0. The molecule has 0 radical (unpaired) electrons. The Morgan fingerprint density at radius 2 is 0.905 bits per heavy atom. The maximum absolute atomic E-state index is 2.33. The maximum atomic E-state index is 2.33. The second-order valence-electron chi connectivity index (χ2n) is 6.16. The van der Waals surface area contributed by atoms with Gasteiger partial charge in [-0.15, -0.1) is 0 Å². The molecule has 3 aromatic carbocycles. The van der Waals surface area contributed by atoms with Gasteiger partial charge in [-0.25, -0.2) is 0 Å². The van der Waals surface area contributed by atoms with Gasteiger partial charge in [0.1, 0.15) is 0 Å². The number of rotatable bonds is 1. The van der Waals surface area contributed by atoms with Crippen molar-refractivity contribution in [2.45, 2.75) is 17.8 Å². The van der Waals surface area contributed by atoms with Crippen LogP contribution in [0, 0.1) is 0 Å². The zero-order valence-corrected chi connectivity index (χ0v) is 11.7. The molecule has 5 rings (SSSR count). The zero-order valence-electron chi connectivity index (χ0n) is 11.7. The molecule has 1 unspecified atom stereocenters. The van der Waals surface area contributed by atoms with Crippen molar-refractivity contribution >= 4 is 0 Å². The van der Waals surface area contributed by atoms with E-state index in [4.69, 9.17) is 0 Å². The fourth-order valence-electron chi connectivity index (χ4n) is 4.24. The predicted octanol–water partition coefficient (Wildman–Crippen LogP) is 5.33. The predicted molar refractivity (Wildman–Crippen MR) is 86.5 cm³/mol. The fourth-order valence-corrected chi connectivity index (χ4v) is 4.24. The van der Waals surface area contributed by atoms with Crippen LogP contribution in [-0.4, -0.2) is 0 Å². The van der Waals surface area contributed by atoms with E-state index in [1.165, 1.54) is 27.8 Å².